The Kier molecular flexibility index (Phi) is 3.60. The fraction of sp³-hybridized carbons (Fsp3) is 0.714. The Labute approximate surface area is 108 Å². The summed E-state index contributed by atoms with van der Waals surface area (Å²) in [6, 6.07) is -0.960. The van der Waals surface area contributed by atoms with Crippen LogP contribution in [-0.2, 0) is 9.59 Å². The first kappa shape index (κ1) is 12.9. The molecule has 0 spiro atoms. The molecule has 18 heavy (non-hydrogen) atoms. The van der Waals surface area contributed by atoms with Crippen LogP contribution in [0.4, 0.5) is 0 Å². The van der Waals surface area contributed by atoms with Gasteiger partial charge in [-0.1, -0.05) is 12.8 Å². The van der Waals surface area contributed by atoms with Crippen molar-refractivity contribution in [3.63, 3.8) is 0 Å². The Morgan fingerprint density at radius 3 is 2.72 bits per heavy atom. The molecule has 2 saturated heterocycles. The minimum Gasteiger partial charge on any atom is -0.329 e. The molecular formula is C14H20N2O2. The van der Waals surface area contributed by atoms with Crippen LogP contribution in [0, 0.1) is 12.3 Å². The molecule has 2 heterocycles. The maximum absolute atomic E-state index is 12.5. The highest BCUT2D eigenvalue weighted by Crippen LogP contribution is 2.27. The molecule has 2 aliphatic heterocycles. The first-order chi connectivity index (χ1) is 8.61. The zero-order valence-electron chi connectivity index (χ0n) is 11.1. The Hall–Kier alpha value is -1.50. The summed E-state index contributed by atoms with van der Waals surface area (Å²) in [5, 5.41) is 0. The fourth-order valence-electron chi connectivity index (χ4n) is 2.99. The number of terminal acetylenes is 1. The van der Waals surface area contributed by atoms with E-state index in [0.717, 1.165) is 19.3 Å². The maximum atomic E-state index is 12.5. The minimum atomic E-state index is -0.423. The van der Waals surface area contributed by atoms with Gasteiger partial charge in [0.2, 0.25) is 11.8 Å². The average Bonchev–Trinajstić information content (AvgIpc) is 2.41. The summed E-state index contributed by atoms with van der Waals surface area (Å²) in [6.45, 7) is 4.44. The van der Waals surface area contributed by atoms with Gasteiger partial charge in [-0.2, -0.15) is 0 Å². The van der Waals surface area contributed by atoms with E-state index in [4.69, 9.17) is 6.42 Å². The van der Waals surface area contributed by atoms with Crippen molar-refractivity contribution >= 4 is 11.8 Å². The molecule has 4 heteroatoms. The molecule has 0 aromatic rings. The number of piperidine rings is 1. The highest BCUT2D eigenvalue weighted by molar-refractivity contribution is 5.97. The van der Waals surface area contributed by atoms with Gasteiger partial charge in [-0.3, -0.25) is 9.59 Å². The van der Waals surface area contributed by atoms with Crippen molar-refractivity contribution in [2.24, 2.45) is 0 Å². The first-order valence-corrected chi connectivity index (χ1v) is 6.70. The second-order valence-corrected chi connectivity index (χ2v) is 5.06. The summed E-state index contributed by atoms with van der Waals surface area (Å²) in [6.07, 6.45) is 8.95. The van der Waals surface area contributed by atoms with Crippen molar-refractivity contribution < 1.29 is 9.59 Å². The second-order valence-electron chi connectivity index (χ2n) is 5.06. The Balaban J connectivity index is 2.29. The van der Waals surface area contributed by atoms with Crippen molar-refractivity contribution in [1.29, 1.82) is 0 Å². The summed E-state index contributed by atoms with van der Waals surface area (Å²) in [7, 11) is 0. The van der Waals surface area contributed by atoms with Crippen LogP contribution in [0.25, 0.3) is 0 Å². The highest BCUT2D eigenvalue weighted by atomic mass is 16.2. The molecule has 3 unspecified atom stereocenters. The van der Waals surface area contributed by atoms with Crippen LogP contribution >= 0.6 is 0 Å². The van der Waals surface area contributed by atoms with E-state index in [1.807, 2.05) is 6.92 Å². The molecule has 98 valence electrons. The van der Waals surface area contributed by atoms with Crippen molar-refractivity contribution in [1.82, 2.24) is 9.80 Å². The minimum absolute atomic E-state index is 0.0339. The maximum Gasteiger partial charge on any atom is 0.247 e. The molecule has 0 aromatic heterocycles. The predicted molar refractivity (Wildman–Crippen MR) is 68.6 cm³/mol. The SMILES string of the molecule is C#CC(CC)N1C(=O)C2CCCCN2C(=O)C1C. The van der Waals surface area contributed by atoms with Crippen LogP contribution in [0.2, 0.25) is 0 Å². The lowest BCUT2D eigenvalue weighted by molar-refractivity contribution is -0.164. The molecule has 2 amide bonds. The number of nitrogens with zero attached hydrogens (tertiary/aromatic N) is 2. The molecule has 3 atom stereocenters. The van der Waals surface area contributed by atoms with Gasteiger partial charge in [0, 0.05) is 6.54 Å². The summed E-state index contributed by atoms with van der Waals surface area (Å²) < 4.78 is 0. The Morgan fingerprint density at radius 1 is 1.39 bits per heavy atom. The van der Waals surface area contributed by atoms with Crippen LogP contribution in [0.15, 0.2) is 0 Å². The monoisotopic (exact) mass is 248 g/mol. The lowest BCUT2D eigenvalue weighted by atomic mass is 9.94. The lowest BCUT2D eigenvalue weighted by Crippen LogP contribution is -2.66. The van der Waals surface area contributed by atoms with Crippen LogP contribution in [-0.4, -0.2) is 46.3 Å². The molecule has 0 N–H and O–H groups in total. The summed E-state index contributed by atoms with van der Waals surface area (Å²) in [5.74, 6) is 2.72. The molecule has 2 aliphatic rings. The van der Waals surface area contributed by atoms with Crippen molar-refractivity contribution in [2.45, 2.75) is 57.7 Å². The van der Waals surface area contributed by atoms with Gasteiger partial charge in [0.1, 0.15) is 12.1 Å². The zero-order chi connectivity index (χ0) is 13.3. The normalized spacial score (nSPS) is 29.8. The Morgan fingerprint density at radius 2 is 2.11 bits per heavy atom. The number of fused-ring (bicyclic) bond motifs is 1. The van der Waals surface area contributed by atoms with E-state index in [2.05, 4.69) is 5.92 Å². The third kappa shape index (κ3) is 1.88. The number of carbonyl (C=O) groups is 2. The van der Waals surface area contributed by atoms with Gasteiger partial charge in [0.25, 0.3) is 0 Å². The largest absolute Gasteiger partial charge is 0.329 e. The molecule has 0 bridgehead atoms. The van der Waals surface area contributed by atoms with Gasteiger partial charge in [0.05, 0.1) is 6.04 Å². The van der Waals surface area contributed by atoms with Gasteiger partial charge in [0.15, 0.2) is 0 Å². The van der Waals surface area contributed by atoms with Crippen molar-refractivity contribution in [3.8, 4) is 12.3 Å². The topological polar surface area (TPSA) is 40.6 Å². The third-order valence-corrected chi connectivity index (χ3v) is 4.01. The third-order valence-electron chi connectivity index (χ3n) is 4.01. The van der Waals surface area contributed by atoms with Gasteiger partial charge < -0.3 is 9.80 Å². The fourth-order valence-corrected chi connectivity index (χ4v) is 2.99. The molecular weight excluding hydrogens is 228 g/mol. The second kappa shape index (κ2) is 5.01. The molecule has 4 nitrogen and oxygen atoms in total. The number of amides is 2. The predicted octanol–water partition coefficient (Wildman–Crippen LogP) is 1.01. The molecule has 0 radical (unpaired) electrons. The van der Waals surface area contributed by atoms with Gasteiger partial charge in [-0.05, 0) is 32.6 Å². The number of hydrogen-bond donors (Lipinski definition) is 0. The Bertz CT molecular complexity index is 399. The standard InChI is InChI=1S/C14H20N2O2/c1-4-11(5-2)16-10(3)13(17)15-9-7-6-8-12(15)14(16)18/h1,10-12H,5-9H2,2-3H3. The van der Waals surface area contributed by atoms with E-state index >= 15 is 0 Å². The van der Waals surface area contributed by atoms with Crippen LogP contribution in [0.1, 0.15) is 39.5 Å². The van der Waals surface area contributed by atoms with Crippen molar-refractivity contribution in [2.75, 3.05) is 6.54 Å². The number of carbonyl (C=O) groups excluding carboxylic acids is 2. The van der Waals surface area contributed by atoms with E-state index in [1.54, 1.807) is 16.7 Å². The van der Waals surface area contributed by atoms with Gasteiger partial charge >= 0.3 is 0 Å². The zero-order valence-corrected chi connectivity index (χ0v) is 11.1. The van der Waals surface area contributed by atoms with Crippen LogP contribution in [0.5, 0.6) is 0 Å². The summed E-state index contributed by atoms with van der Waals surface area (Å²) >= 11 is 0. The van der Waals surface area contributed by atoms with Crippen LogP contribution < -0.4 is 0 Å². The van der Waals surface area contributed by atoms with Crippen molar-refractivity contribution in [3.05, 3.63) is 0 Å². The van der Waals surface area contributed by atoms with E-state index in [-0.39, 0.29) is 23.9 Å². The molecule has 2 rings (SSSR count). The quantitative estimate of drug-likeness (QED) is 0.684. The van der Waals surface area contributed by atoms with E-state index in [1.165, 1.54) is 0 Å². The molecule has 0 saturated carbocycles. The van der Waals surface area contributed by atoms with E-state index < -0.39 is 6.04 Å². The smallest absolute Gasteiger partial charge is 0.247 e. The number of hydrogen-bond acceptors (Lipinski definition) is 2. The van der Waals surface area contributed by atoms with Gasteiger partial charge in [-0.15, -0.1) is 6.42 Å². The van der Waals surface area contributed by atoms with E-state index in [0.29, 0.717) is 13.0 Å². The number of rotatable bonds is 2. The average molecular weight is 248 g/mol. The van der Waals surface area contributed by atoms with Gasteiger partial charge in [-0.25, -0.2) is 0 Å². The number of piperazine rings is 1. The molecule has 0 aromatic carbocycles. The molecule has 2 fully saturated rings. The summed E-state index contributed by atoms with van der Waals surface area (Å²) in [4.78, 5) is 28.2. The lowest BCUT2D eigenvalue weighted by Gasteiger charge is -2.47. The first-order valence-electron chi connectivity index (χ1n) is 6.70. The summed E-state index contributed by atoms with van der Waals surface area (Å²) in [5.41, 5.74) is 0. The highest BCUT2D eigenvalue weighted by Gasteiger charge is 2.46. The van der Waals surface area contributed by atoms with Crippen LogP contribution in [0.3, 0.4) is 0 Å². The molecule has 0 aliphatic carbocycles. The van der Waals surface area contributed by atoms with E-state index in [9.17, 15) is 9.59 Å².